The summed E-state index contributed by atoms with van der Waals surface area (Å²) in [5.41, 5.74) is 1.20. The molecule has 1 unspecified atom stereocenters. The van der Waals surface area contributed by atoms with Crippen molar-refractivity contribution in [3.8, 4) is 0 Å². The Bertz CT molecular complexity index is 916. The van der Waals surface area contributed by atoms with E-state index in [1.165, 1.54) is 6.07 Å². The first-order valence-electron chi connectivity index (χ1n) is 8.71. The van der Waals surface area contributed by atoms with Crippen LogP contribution in [0.2, 0.25) is 0 Å². The van der Waals surface area contributed by atoms with Crippen molar-refractivity contribution in [3.05, 3.63) is 77.0 Å². The minimum atomic E-state index is -0.779. The predicted molar refractivity (Wildman–Crippen MR) is 99.4 cm³/mol. The molecule has 1 aliphatic rings. The fourth-order valence-corrected chi connectivity index (χ4v) is 2.92. The highest BCUT2D eigenvalue weighted by Gasteiger charge is 2.33. The fraction of sp³-hybridized carbons (Fsp3) is 0.200. The summed E-state index contributed by atoms with van der Waals surface area (Å²) in [6, 6.07) is 10.8. The van der Waals surface area contributed by atoms with E-state index < -0.39 is 29.7 Å². The molecular formula is C20H19F2N3O3. The first kappa shape index (κ1) is 19.3. The molecule has 0 spiro atoms. The average molecular weight is 387 g/mol. The van der Waals surface area contributed by atoms with E-state index in [1.807, 2.05) is 6.07 Å². The van der Waals surface area contributed by atoms with E-state index in [2.05, 4.69) is 16.0 Å². The SMILES string of the molecule is CCOC(=O)C1=C(CNc2ccc(F)cc2F)NC(=O)NC1c1ccccc1. The number of benzene rings is 2. The van der Waals surface area contributed by atoms with Gasteiger partial charge in [0.15, 0.2) is 0 Å². The number of hydrogen-bond acceptors (Lipinski definition) is 4. The van der Waals surface area contributed by atoms with Gasteiger partial charge in [-0.25, -0.2) is 18.4 Å². The number of amides is 2. The molecule has 2 aromatic rings. The summed E-state index contributed by atoms with van der Waals surface area (Å²) < 4.78 is 32.1. The van der Waals surface area contributed by atoms with Crippen molar-refractivity contribution in [1.82, 2.24) is 10.6 Å². The van der Waals surface area contributed by atoms with Crippen LogP contribution in [0.25, 0.3) is 0 Å². The number of urea groups is 1. The van der Waals surface area contributed by atoms with Crippen LogP contribution >= 0.6 is 0 Å². The average Bonchev–Trinajstić information content (AvgIpc) is 2.67. The Morgan fingerprint density at radius 1 is 1.18 bits per heavy atom. The molecule has 1 heterocycles. The molecule has 0 saturated heterocycles. The monoisotopic (exact) mass is 387 g/mol. The summed E-state index contributed by atoms with van der Waals surface area (Å²) in [5.74, 6) is -2.08. The Morgan fingerprint density at radius 2 is 1.93 bits per heavy atom. The quantitative estimate of drug-likeness (QED) is 0.665. The summed E-state index contributed by atoms with van der Waals surface area (Å²) in [5, 5.41) is 8.06. The number of hydrogen-bond donors (Lipinski definition) is 3. The number of anilines is 1. The molecule has 28 heavy (non-hydrogen) atoms. The summed E-state index contributed by atoms with van der Waals surface area (Å²) in [7, 11) is 0. The van der Waals surface area contributed by atoms with Crippen molar-refractivity contribution < 1.29 is 23.1 Å². The van der Waals surface area contributed by atoms with E-state index in [4.69, 9.17) is 4.74 Å². The molecular weight excluding hydrogens is 368 g/mol. The van der Waals surface area contributed by atoms with E-state index in [-0.39, 0.29) is 30.1 Å². The number of rotatable bonds is 6. The molecule has 0 bridgehead atoms. The molecule has 0 aromatic heterocycles. The number of halogens is 2. The van der Waals surface area contributed by atoms with E-state index in [9.17, 15) is 18.4 Å². The zero-order valence-corrected chi connectivity index (χ0v) is 15.1. The Labute approximate surface area is 160 Å². The molecule has 0 fully saturated rings. The topological polar surface area (TPSA) is 79.5 Å². The molecule has 3 N–H and O–H groups in total. The summed E-state index contributed by atoms with van der Waals surface area (Å²) in [4.78, 5) is 24.7. The molecule has 2 aromatic carbocycles. The van der Waals surface area contributed by atoms with Crippen LogP contribution in [-0.2, 0) is 9.53 Å². The molecule has 0 aliphatic carbocycles. The molecule has 8 heteroatoms. The minimum absolute atomic E-state index is 0.0427. The second-order valence-electron chi connectivity index (χ2n) is 6.03. The Hall–Kier alpha value is -3.42. The van der Waals surface area contributed by atoms with E-state index in [0.717, 1.165) is 12.1 Å². The van der Waals surface area contributed by atoms with E-state index in [1.54, 1.807) is 31.2 Å². The van der Waals surface area contributed by atoms with E-state index >= 15 is 0 Å². The van der Waals surface area contributed by atoms with Gasteiger partial charge in [-0.15, -0.1) is 0 Å². The second-order valence-corrected chi connectivity index (χ2v) is 6.03. The van der Waals surface area contributed by atoms with Crippen molar-refractivity contribution in [1.29, 1.82) is 0 Å². The predicted octanol–water partition coefficient (Wildman–Crippen LogP) is 3.25. The van der Waals surface area contributed by atoms with Gasteiger partial charge in [0, 0.05) is 6.07 Å². The lowest BCUT2D eigenvalue weighted by molar-refractivity contribution is -0.139. The van der Waals surface area contributed by atoms with Crippen molar-refractivity contribution in [2.45, 2.75) is 13.0 Å². The Balaban J connectivity index is 1.96. The van der Waals surface area contributed by atoms with Gasteiger partial charge in [0.2, 0.25) is 0 Å². The maximum absolute atomic E-state index is 13.9. The standard InChI is InChI=1S/C20H19F2N3O3/c1-2-28-19(26)17-16(11-23-15-9-8-13(21)10-14(15)22)24-20(27)25-18(17)12-6-4-3-5-7-12/h3-10,18,23H,2,11H2,1H3,(H2,24,25,27). The third kappa shape index (κ3) is 4.28. The van der Waals surface area contributed by atoms with Gasteiger partial charge in [0.1, 0.15) is 11.6 Å². The molecule has 0 radical (unpaired) electrons. The van der Waals surface area contributed by atoms with Gasteiger partial charge in [-0.2, -0.15) is 0 Å². The number of nitrogens with one attached hydrogen (secondary N) is 3. The maximum Gasteiger partial charge on any atom is 0.338 e. The summed E-state index contributed by atoms with van der Waals surface area (Å²) in [6.45, 7) is 1.77. The van der Waals surface area contributed by atoms with Crippen molar-refractivity contribution >= 4 is 17.7 Å². The van der Waals surface area contributed by atoms with Crippen LogP contribution in [0, 0.1) is 11.6 Å². The highest BCUT2D eigenvalue weighted by molar-refractivity contribution is 5.95. The van der Waals surface area contributed by atoms with Crippen LogP contribution in [0.4, 0.5) is 19.3 Å². The summed E-state index contributed by atoms with van der Waals surface area (Å²) in [6.07, 6.45) is 0. The van der Waals surface area contributed by atoms with Gasteiger partial charge in [0.25, 0.3) is 0 Å². The van der Waals surface area contributed by atoms with Gasteiger partial charge in [-0.1, -0.05) is 30.3 Å². The number of carbonyl (C=O) groups excluding carboxylic acids is 2. The largest absolute Gasteiger partial charge is 0.463 e. The zero-order chi connectivity index (χ0) is 20.1. The van der Waals surface area contributed by atoms with Crippen LogP contribution in [0.5, 0.6) is 0 Å². The molecule has 3 rings (SSSR count). The Kier molecular flexibility index (Phi) is 5.88. The smallest absolute Gasteiger partial charge is 0.338 e. The van der Waals surface area contributed by atoms with Crippen LogP contribution in [0.15, 0.2) is 59.8 Å². The molecule has 0 saturated carbocycles. The number of esters is 1. The van der Waals surface area contributed by atoms with Gasteiger partial charge in [0.05, 0.1) is 36.2 Å². The van der Waals surface area contributed by atoms with Gasteiger partial charge < -0.3 is 20.7 Å². The van der Waals surface area contributed by atoms with Crippen molar-refractivity contribution in [3.63, 3.8) is 0 Å². The third-order valence-electron chi connectivity index (χ3n) is 4.17. The lowest BCUT2D eigenvalue weighted by Crippen LogP contribution is -2.47. The molecule has 6 nitrogen and oxygen atoms in total. The number of carbonyl (C=O) groups is 2. The third-order valence-corrected chi connectivity index (χ3v) is 4.17. The summed E-state index contributed by atoms with van der Waals surface area (Å²) >= 11 is 0. The lowest BCUT2D eigenvalue weighted by atomic mass is 9.95. The van der Waals surface area contributed by atoms with Gasteiger partial charge in [-0.05, 0) is 24.6 Å². The Morgan fingerprint density at radius 3 is 2.61 bits per heavy atom. The van der Waals surface area contributed by atoms with Crippen molar-refractivity contribution in [2.75, 3.05) is 18.5 Å². The zero-order valence-electron chi connectivity index (χ0n) is 15.1. The normalized spacial score (nSPS) is 16.2. The highest BCUT2D eigenvalue weighted by atomic mass is 19.1. The first-order valence-corrected chi connectivity index (χ1v) is 8.71. The van der Waals surface area contributed by atoms with Crippen LogP contribution in [0.1, 0.15) is 18.5 Å². The first-order chi connectivity index (χ1) is 13.5. The maximum atomic E-state index is 13.9. The van der Waals surface area contributed by atoms with Crippen LogP contribution in [0.3, 0.4) is 0 Å². The van der Waals surface area contributed by atoms with Gasteiger partial charge in [-0.3, -0.25) is 0 Å². The fourth-order valence-electron chi connectivity index (χ4n) is 2.92. The second kappa shape index (κ2) is 8.51. The minimum Gasteiger partial charge on any atom is -0.463 e. The van der Waals surface area contributed by atoms with E-state index in [0.29, 0.717) is 5.56 Å². The molecule has 1 aliphatic heterocycles. The molecule has 146 valence electrons. The molecule has 2 amide bonds. The van der Waals surface area contributed by atoms with Crippen molar-refractivity contribution in [2.24, 2.45) is 0 Å². The van der Waals surface area contributed by atoms with Crippen LogP contribution in [-0.4, -0.2) is 25.2 Å². The highest BCUT2D eigenvalue weighted by Crippen LogP contribution is 2.28. The number of ether oxygens (including phenoxy) is 1. The molecule has 1 atom stereocenters. The van der Waals surface area contributed by atoms with Gasteiger partial charge >= 0.3 is 12.0 Å². The van der Waals surface area contributed by atoms with Crippen LogP contribution < -0.4 is 16.0 Å². The lowest BCUT2D eigenvalue weighted by Gasteiger charge is -2.29.